The molecule has 1 aliphatic heterocycles. The van der Waals surface area contributed by atoms with Crippen molar-refractivity contribution in [1.29, 1.82) is 0 Å². The first-order chi connectivity index (χ1) is 12.9. The number of aliphatic carboxylic acids is 1. The molecule has 8 nitrogen and oxygen atoms in total. The van der Waals surface area contributed by atoms with E-state index >= 15 is 0 Å². The van der Waals surface area contributed by atoms with E-state index < -0.39 is 30.6 Å². The molecule has 1 unspecified atom stereocenters. The highest BCUT2D eigenvalue weighted by atomic mass is 16.5. The van der Waals surface area contributed by atoms with Crippen LogP contribution < -0.4 is 10.5 Å². The summed E-state index contributed by atoms with van der Waals surface area (Å²) in [5, 5.41) is 18.6. The van der Waals surface area contributed by atoms with Crippen molar-refractivity contribution in [3.63, 3.8) is 0 Å². The summed E-state index contributed by atoms with van der Waals surface area (Å²) < 4.78 is 5.36. The SMILES string of the molecule is NC(=O)c1ccc(OCC(=O)O)c(C2c3ccccc3CCN2C(=O)O)c1. The molecular weight excluding hydrogens is 352 g/mol. The van der Waals surface area contributed by atoms with E-state index in [2.05, 4.69) is 0 Å². The van der Waals surface area contributed by atoms with Crippen LogP contribution in [-0.4, -0.2) is 46.2 Å². The highest BCUT2D eigenvalue weighted by Gasteiger charge is 2.34. The van der Waals surface area contributed by atoms with Gasteiger partial charge in [0, 0.05) is 17.7 Å². The monoisotopic (exact) mass is 370 g/mol. The molecule has 2 aromatic carbocycles. The van der Waals surface area contributed by atoms with Gasteiger partial charge in [0.05, 0.1) is 6.04 Å². The van der Waals surface area contributed by atoms with Gasteiger partial charge in [-0.05, 0) is 35.7 Å². The summed E-state index contributed by atoms with van der Waals surface area (Å²) in [7, 11) is 0. The Balaban J connectivity index is 2.18. The van der Waals surface area contributed by atoms with Crippen molar-refractivity contribution < 1.29 is 29.3 Å². The predicted octanol–water partition coefficient (Wildman–Crippen LogP) is 1.87. The Morgan fingerprint density at radius 1 is 1.11 bits per heavy atom. The van der Waals surface area contributed by atoms with Crippen LogP contribution in [0.4, 0.5) is 4.79 Å². The third-order valence-electron chi connectivity index (χ3n) is 4.47. The van der Waals surface area contributed by atoms with Gasteiger partial charge in [-0.2, -0.15) is 0 Å². The molecule has 0 saturated carbocycles. The Morgan fingerprint density at radius 2 is 1.85 bits per heavy atom. The second kappa shape index (κ2) is 7.36. The Morgan fingerprint density at radius 3 is 2.52 bits per heavy atom. The van der Waals surface area contributed by atoms with E-state index in [4.69, 9.17) is 15.6 Å². The molecule has 2 aromatic rings. The van der Waals surface area contributed by atoms with E-state index in [0.29, 0.717) is 12.0 Å². The summed E-state index contributed by atoms with van der Waals surface area (Å²) in [4.78, 5) is 35.6. The number of carboxylic acid groups (broad SMARTS) is 2. The Hall–Kier alpha value is -3.55. The van der Waals surface area contributed by atoms with Crippen LogP contribution in [0.25, 0.3) is 0 Å². The van der Waals surface area contributed by atoms with Crippen molar-refractivity contribution >= 4 is 18.0 Å². The van der Waals surface area contributed by atoms with Crippen LogP contribution in [0.15, 0.2) is 42.5 Å². The molecule has 1 heterocycles. The van der Waals surface area contributed by atoms with Crippen LogP contribution in [0.2, 0.25) is 0 Å². The number of nitrogens with zero attached hydrogens (tertiary/aromatic N) is 1. The topological polar surface area (TPSA) is 130 Å². The standard InChI is InChI=1S/C19H18N2O6/c20-18(24)12-5-6-15(27-10-16(22)23)14(9-12)17-13-4-2-1-3-11(13)7-8-21(17)19(25)26/h1-6,9,17H,7-8,10H2,(H2,20,24)(H,22,23)(H,25,26). The minimum absolute atomic E-state index is 0.182. The minimum atomic E-state index is -1.17. The number of amides is 2. The number of fused-ring (bicyclic) bond motifs is 1. The first-order valence-electron chi connectivity index (χ1n) is 8.24. The average molecular weight is 370 g/mol. The molecule has 8 heteroatoms. The second-order valence-electron chi connectivity index (χ2n) is 6.13. The number of nitrogens with two attached hydrogens (primary N) is 1. The highest BCUT2D eigenvalue weighted by Crippen LogP contribution is 2.39. The third-order valence-corrected chi connectivity index (χ3v) is 4.47. The lowest BCUT2D eigenvalue weighted by atomic mass is 9.87. The maximum absolute atomic E-state index is 11.8. The van der Waals surface area contributed by atoms with Crippen molar-refractivity contribution in [2.24, 2.45) is 5.73 Å². The van der Waals surface area contributed by atoms with Crippen LogP contribution in [0, 0.1) is 0 Å². The number of carbonyl (C=O) groups is 3. The van der Waals surface area contributed by atoms with Crippen LogP contribution in [-0.2, 0) is 11.2 Å². The molecule has 2 amide bonds. The molecular formula is C19H18N2O6. The number of ether oxygens (including phenoxy) is 1. The zero-order chi connectivity index (χ0) is 19.6. The average Bonchev–Trinajstić information content (AvgIpc) is 2.65. The van der Waals surface area contributed by atoms with E-state index in [9.17, 15) is 19.5 Å². The number of rotatable bonds is 5. The quantitative estimate of drug-likeness (QED) is 0.737. The highest BCUT2D eigenvalue weighted by molar-refractivity contribution is 5.93. The zero-order valence-electron chi connectivity index (χ0n) is 14.3. The van der Waals surface area contributed by atoms with Gasteiger partial charge < -0.3 is 20.7 Å². The Labute approximate surface area is 154 Å². The lowest BCUT2D eigenvalue weighted by Crippen LogP contribution is -2.40. The first kappa shape index (κ1) is 18.2. The van der Waals surface area contributed by atoms with Crippen LogP contribution >= 0.6 is 0 Å². The van der Waals surface area contributed by atoms with Crippen molar-refractivity contribution in [1.82, 2.24) is 4.90 Å². The molecule has 0 bridgehead atoms. The number of primary amides is 1. The van der Waals surface area contributed by atoms with Gasteiger partial charge in [-0.25, -0.2) is 9.59 Å². The molecule has 4 N–H and O–H groups in total. The fraction of sp³-hybridized carbons (Fsp3) is 0.211. The number of hydrogen-bond acceptors (Lipinski definition) is 4. The fourth-order valence-corrected chi connectivity index (χ4v) is 3.29. The fourth-order valence-electron chi connectivity index (χ4n) is 3.29. The van der Waals surface area contributed by atoms with Crippen molar-refractivity contribution in [3.05, 3.63) is 64.7 Å². The van der Waals surface area contributed by atoms with Crippen molar-refractivity contribution in [3.8, 4) is 5.75 Å². The number of benzene rings is 2. The molecule has 0 radical (unpaired) electrons. The molecule has 27 heavy (non-hydrogen) atoms. The molecule has 3 rings (SSSR count). The zero-order valence-corrected chi connectivity index (χ0v) is 14.3. The molecule has 140 valence electrons. The summed E-state index contributed by atoms with van der Waals surface area (Å²) in [6.45, 7) is -0.333. The summed E-state index contributed by atoms with van der Waals surface area (Å²) in [6, 6.07) is 11.0. The second-order valence-corrected chi connectivity index (χ2v) is 6.13. The van der Waals surface area contributed by atoms with Crippen LogP contribution in [0.5, 0.6) is 5.75 Å². The molecule has 0 fully saturated rings. The lowest BCUT2D eigenvalue weighted by Gasteiger charge is -2.36. The van der Waals surface area contributed by atoms with Gasteiger partial charge in [0.2, 0.25) is 5.91 Å². The first-order valence-corrected chi connectivity index (χ1v) is 8.24. The number of hydrogen-bond donors (Lipinski definition) is 3. The summed E-state index contributed by atoms with van der Waals surface area (Å²) in [5.74, 6) is -1.65. The van der Waals surface area contributed by atoms with E-state index in [-0.39, 0.29) is 17.9 Å². The smallest absolute Gasteiger partial charge is 0.408 e. The maximum atomic E-state index is 11.8. The van der Waals surface area contributed by atoms with E-state index in [0.717, 1.165) is 11.1 Å². The van der Waals surface area contributed by atoms with Gasteiger partial charge in [0.15, 0.2) is 6.61 Å². The third kappa shape index (κ3) is 3.69. The normalized spacial score (nSPS) is 15.7. The van der Waals surface area contributed by atoms with Crippen LogP contribution in [0.3, 0.4) is 0 Å². The molecule has 1 aliphatic rings. The van der Waals surface area contributed by atoms with Gasteiger partial charge in [0.1, 0.15) is 5.75 Å². The van der Waals surface area contributed by atoms with Gasteiger partial charge in [-0.1, -0.05) is 24.3 Å². The van der Waals surface area contributed by atoms with E-state index in [1.807, 2.05) is 18.2 Å². The van der Waals surface area contributed by atoms with Crippen molar-refractivity contribution in [2.45, 2.75) is 12.5 Å². The van der Waals surface area contributed by atoms with Gasteiger partial charge >= 0.3 is 12.1 Å². The molecule has 0 aliphatic carbocycles. The van der Waals surface area contributed by atoms with Crippen LogP contribution in [0.1, 0.15) is 33.1 Å². The van der Waals surface area contributed by atoms with Gasteiger partial charge in [-0.15, -0.1) is 0 Å². The summed E-state index contributed by atoms with van der Waals surface area (Å²) in [6.07, 6.45) is -0.567. The van der Waals surface area contributed by atoms with Gasteiger partial charge in [0.25, 0.3) is 0 Å². The molecule has 0 saturated heterocycles. The summed E-state index contributed by atoms with van der Waals surface area (Å²) in [5.41, 5.74) is 7.67. The largest absolute Gasteiger partial charge is 0.482 e. The number of carboxylic acids is 1. The predicted molar refractivity (Wildman–Crippen MR) is 94.8 cm³/mol. The van der Waals surface area contributed by atoms with E-state index in [1.165, 1.54) is 23.1 Å². The van der Waals surface area contributed by atoms with Gasteiger partial charge in [-0.3, -0.25) is 9.69 Å². The Kier molecular flexibility index (Phi) is 4.98. The summed E-state index contributed by atoms with van der Waals surface area (Å²) >= 11 is 0. The minimum Gasteiger partial charge on any atom is -0.482 e. The number of carbonyl (C=O) groups excluding carboxylic acids is 1. The lowest BCUT2D eigenvalue weighted by molar-refractivity contribution is -0.139. The Bertz CT molecular complexity index is 911. The molecule has 0 spiro atoms. The maximum Gasteiger partial charge on any atom is 0.408 e. The molecule has 0 aromatic heterocycles. The van der Waals surface area contributed by atoms with E-state index in [1.54, 1.807) is 6.07 Å². The van der Waals surface area contributed by atoms with Crippen molar-refractivity contribution in [2.75, 3.05) is 13.2 Å². The molecule has 1 atom stereocenters.